The molecular formula is C11H10ClF3N2O3. The summed E-state index contributed by atoms with van der Waals surface area (Å²) in [5.74, 6) is -2.86. The van der Waals surface area contributed by atoms with Crippen molar-refractivity contribution in [3.05, 3.63) is 28.8 Å². The average molecular weight is 311 g/mol. The molecule has 0 saturated heterocycles. The number of anilines is 1. The van der Waals surface area contributed by atoms with Crippen LogP contribution in [0.3, 0.4) is 0 Å². The smallest absolute Gasteiger partial charge is 0.415 e. The molecule has 1 rings (SSSR count). The van der Waals surface area contributed by atoms with Crippen LogP contribution in [0.15, 0.2) is 18.2 Å². The molecule has 110 valence electrons. The number of nitrogens with two attached hydrogens (primary N) is 1. The van der Waals surface area contributed by atoms with Crippen molar-refractivity contribution in [2.75, 3.05) is 5.32 Å². The molecule has 0 aliphatic heterocycles. The number of rotatable bonds is 3. The quantitative estimate of drug-likeness (QED) is 0.798. The third kappa shape index (κ3) is 3.40. The van der Waals surface area contributed by atoms with E-state index < -0.39 is 23.6 Å². The van der Waals surface area contributed by atoms with Gasteiger partial charge in [-0.2, -0.15) is 13.2 Å². The number of carboxylic acids is 1. The second kappa shape index (κ2) is 5.29. The van der Waals surface area contributed by atoms with E-state index in [-0.39, 0.29) is 16.3 Å². The highest BCUT2D eigenvalue weighted by Gasteiger charge is 2.54. The van der Waals surface area contributed by atoms with Gasteiger partial charge in [-0.05, 0) is 25.1 Å². The molecule has 1 atom stereocenters. The van der Waals surface area contributed by atoms with Crippen LogP contribution in [0.4, 0.5) is 18.9 Å². The number of alkyl halides is 3. The summed E-state index contributed by atoms with van der Waals surface area (Å²) in [7, 11) is 0. The van der Waals surface area contributed by atoms with Crippen LogP contribution >= 0.6 is 11.6 Å². The molecule has 0 heterocycles. The Balaban J connectivity index is 3.05. The Morgan fingerprint density at radius 1 is 1.30 bits per heavy atom. The number of aromatic carboxylic acids is 1. The minimum atomic E-state index is -4.95. The van der Waals surface area contributed by atoms with E-state index in [1.807, 2.05) is 5.32 Å². The number of hydrogen-bond acceptors (Lipinski definition) is 3. The Morgan fingerprint density at radius 2 is 1.85 bits per heavy atom. The summed E-state index contributed by atoms with van der Waals surface area (Å²) in [6.45, 7) is 0.505. The Bertz CT molecular complexity index is 558. The van der Waals surface area contributed by atoms with E-state index in [4.69, 9.17) is 22.4 Å². The summed E-state index contributed by atoms with van der Waals surface area (Å²) >= 11 is 5.61. The van der Waals surface area contributed by atoms with Crippen molar-refractivity contribution in [1.82, 2.24) is 0 Å². The summed E-state index contributed by atoms with van der Waals surface area (Å²) in [4.78, 5) is 22.3. The minimum absolute atomic E-state index is 0.0501. The van der Waals surface area contributed by atoms with Gasteiger partial charge in [-0.25, -0.2) is 4.79 Å². The number of carbonyl (C=O) groups is 2. The third-order valence-electron chi connectivity index (χ3n) is 2.46. The van der Waals surface area contributed by atoms with E-state index in [2.05, 4.69) is 0 Å². The summed E-state index contributed by atoms with van der Waals surface area (Å²) in [6.07, 6.45) is -4.95. The fraction of sp³-hybridized carbons (Fsp3) is 0.273. The molecule has 1 aromatic rings. The van der Waals surface area contributed by atoms with Crippen LogP contribution in [0, 0.1) is 0 Å². The van der Waals surface area contributed by atoms with Gasteiger partial charge in [-0.3, -0.25) is 4.79 Å². The van der Waals surface area contributed by atoms with Gasteiger partial charge in [-0.15, -0.1) is 0 Å². The average Bonchev–Trinajstić information content (AvgIpc) is 2.26. The highest BCUT2D eigenvalue weighted by molar-refractivity contribution is 6.31. The Labute approximate surface area is 116 Å². The van der Waals surface area contributed by atoms with Crippen LogP contribution in [-0.2, 0) is 4.79 Å². The number of halogens is 4. The standard InChI is InChI=1S/C11H10ClF3N2O3/c1-10(16,11(13,14)15)9(20)17-7-3-5(8(18)19)2-6(12)4-7/h2-4H,16H2,1H3,(H,17,20)(H,18,19). The van der Waals surface area contributed by atoms with Gasteiger partial charge in [0, 0.05) is 10.7 Å². The van der Waals surface area contributed by atoms with Crippen molar-refractivity contribution in [2.24, 2.45) is 5.73 Å². The highest BCUT2D eigenvalue weighted by Crippen LogP contribution is 2.29. The first-order valence-corrected chi connectivity index (χ1v) is 5.54. The zero-order valence-electron chi connectivity index (χ0n) is 10.1. The van der Waals surface area contributed by atoms with Gasteiger partial charge >= 0.3 is 12.1 Å². The number of carboxylic acid groups (broad SMARTS) is 1. The first-order valence-electron chi connectivity index (χ1n) is 5.16. The van der Waals surface area contributed by atoms with E-state index in [0.29, 0.717) is 6.92 Å². The van der Waals surface area contributed by atoms with Crippen molar-refractivity contribution >= 4 is 29.2 Å². The maximum atomic E-state index is 12.6. The number of hydrogen-bond donors (Lipinski definition) is 3. The van der Waals surface area contributed by atoms with Gasteiger partial charge in [0.05, 0.1) is 5.56 Å². The number of nitrogens with one attached hydrogen (secondary N) is 1. The second-order valence-electron chi connectivity index (χ2n) is 4.19. The van der Waals surface area contributed by atoms with Gasteiger partial charge in [0.2, 0.25) is 0 Å². The minimum Gasteiger partial charge on any atom is -0.478 e. The number of carbonyl (C=O) groups excluding carboxylic acids is 1. The molecule has 0 spiro atoms. The zero-order valence-corrected chi connectivity index (χ0v) is 10.8. The lowest BCUT2D eigenvalue weighted by molar-refractivity contribution is -0.184. The Kier molecular flexibility index (Phi) is 4.30. The second-order valence-corrected chi connectivity index (χ2v) is 4.62. The molecule has 0 aliphatic rings. The molecule has 0 fully saturated rings. The lowest BCUT2D eigenvalue weighted by atomic mass is 10.0. The fourth-order valence-corrected chi connectivity index (χ4v) is 1.41. The van der Waals surface area contributed by atoms with Gasteiger partial charge in [0.1, 0.15) is 0 Å². The first-order chi connectivity index (χ1) is 8.95. The zero-order chi connectivity index (χ0) is 15.7. The molecule has 4 N–H and O–H groups in total. The number of amides is 1. The van der Waals surface area contributed by atoms with E-state index in [0.717, 1.165) is 18.2 Å². The normalized spacial score (nSPS) is 14.5. The number of benzene rings is 1. The highest BCUT2D eigenvalue weighted by atomic mass is 35.5. The van der Waals surface area contributed by atoms with Crippen molar-refractivity contribution in [3.8, 4) is 0 Å². The lowest BCUT2D eigenvalue weighted by Crippen LogP contribution is -2.59. The van der Waals surface area contributed by atoms with Crippen LogP contribution in [0.5, 0.6) is 0 Å². The van der Waals surface area contributed by atoms with Gasteiger partial charge < -0.3 is 16.2 Å². The summed E-state index contributed by atoms with van der Waals surface area (Å²) in [6, 6.07) is 3.17. The van der Waals surface area contributed by atoms with E-state index >= 15 is 0 Å². The van der Waals surface area contributed by atoms with Crippen LogP contribution in [-0.4, -0.2) is 28.7 Å². The van der Waals surface area contributed by atoms with Gasteiger partial charge in [0.25, 0.3) is 5.91 Å². The lowest BCUT2D eigenvalue weighted by Gasteiger charge is -2.26. The molecule has 20 heavy (non-hydrogen) atoms. The molecule has 0 aromatic heterocycles. The third-order valence-corrected chi connectivity index (χ3v) is 2.68. The molecule has 5 nitrogen and oxygen atoms in total. The topological polar surface area (TPSA) is 92.4 Å². The van der Waals surface area contributed by atoms with Crippen molar-refractivity contribution < 1.29 is 27.9 Å². The summed E-state index contributed by atoms with van der Waals surface area (Å²) in [5, 5.41) is 10.6. The maximum absolute atomic E-state index is 12.6. The van der Waals surface area contributed by atoms with Gasteiger partial charge in [0.15, 0.2) is 5.54 Å². The fourth-order valence-electron chi connectivity index (χ4n) is 1.17. The molecule has 0 radical (unpaired) electrons. The molecule has 9 heteroatoms. The molecule has 0 aliphatic carbocycles. The van der Waals surface area contributed by atoms with Crippen LogP contribution in [0.2, 0.25) is 5.02 Å². The Hall–Kier alpha value is -1.80. The Morgan fingerprint density at radius 3 is 2.30 bits per heavy atom. The summed E-state index contributed by atoms with van der Waals surface area (Å²) in [5.41, 5.74) is 1.35. The SMILES string of the molecule is CC(N)(C(=O)Nc1cc(Cl)cc(C(=O)O)c1)C(F)(F)F. The van der Waals surface area contributed by atoms with Crippen LogP contribution in [0.25, 0.3) is 0 Å². The van der Waals surface area contributed by atoms with Gasteiger partial charge in [-0.1, -0.05) is 11.6 Å². The largest absolute Gasteiger partial charge is 0.478 e. The van der Waals surface area contributed by atoms with E-state index in [9.17, 15) is 22.8 Å². The van der Waals surface area contributed by atoms with Crippen molar-refractivity contribution in [2.45, 2.75) is 18.6 Å². The van der Waals surface area contributed by atoms with Crippen molar-refractivity contribution in [1.29, 1.82) is 0 Å². The van der Waals surface area contributed by atoms with E-state index in [1.165, 1.54) is 0 Å². The molecule has 0 bridgehead atoms. The molecule has 1 unspecified atom stereocenters. The molecule has 0 saturated carbocycles. The molecule has 1 aromatic carbocycles. The maximum Gasteiger partial charge on any atom is 0.415 e. The van der Waals surface area contributed by atoms with Crippen molar-refractivity contribution in [3.63, 3.8) is 0 Å². The predicted molar refractivity (Wildman–Crippen MR) is 65.7 cm³/mol. The molecular weight excluding hydrogens is 301 g/mol. The summed E-state index contributed by atoms with van der Waals surface area (Å²) < 4.78 is 37.7. The monoisotopic (exact) mass is 310 g/mol. The first kappa shape index (κ1) is 16.3. The molecule has 1 amide bonds. The predicted octanol–water partition coefficient (Wildman–Crippen LogP) is 2.26. The van der Waals surface area contributed by atoms with Crippen LogP contribution in [0.1, 0.15) is 17.3 Å². The van der Waals surface area contributed by atoms with Crippen LogP contribution < -0.4 is 11.1 Å². The van der Waals surface area contributed by atoms with E-state index in [1.54, 1.807) is 0 Å².